The molecule has 1 heterocycles. The molecule has 0 aliphatic rings. The third kappa shape index (κ3) is 4.44. The normalized spacial score (nSPS) is 10.4. The van der Waals surface area contributed by atoms with Crippen LogP contribution < -0.4 is 15.4 Å². The minimum absolute atomic E-state index is 0.214. The number of carbonyl (C=O) groups is 1. The van der Waals surface area contributed by atoms with E-state index in [-0.39, 0.29) is 5.91 Å². The molecule has 0 fully saturated rings. The third-order valence-electron chi connectivity index (χ3n) is 2.91. The lowest BCUT2D eigenvalue weighted by molar-refractivity contribution is 0.0943. The average Bonchev–Trinajstić information content (AvgIpc) is 2.53. The summed E-state index contributed by atoms with van der Waals surface area (Å²) in [5.41, 5.74) is 1.14. The van der Waals surface area contributed by atoms with Crippen molar-refractivity contribution in [3.63, 3.8) is 0 Å². The van der Waals surface area contributed by atoms with Crippen LogP contribution in [0.5, 0.6) is 5.75 Å². The Morgan fingerprint density at radius 3 is 2.68 bits per heavy atom. The quantitative estimate of drug-likeness (QED) is 0.857. The minimum atomic E-state index is -0.214. The molecule has 0 bridgehead atoms. The van der Waals surface area contributed by atoms with Gasteiger partial charge in [0.1, 0.15) is 5.75 Å². The van der Waals surface area contributed by atoms with E-state index in [1.54, 1.807) is 19.2 Å². The monoisotopic (exact) mass is 300 g/mol. The second-order valence-corrected chi connectivity index (χ2v) is 5.26. The summed E-state index contributed by atoms with van der Waals surface area (Å²) in [5, 5.41) is 13.9. The van der Waals surface area contributed by atoms with E-state index in [9.17, 15) is 4.79 Å². The maximum atomic E-state index is 11.9. The predicted molar refractivity (Wildman–Crippen MR) is 85.5 cm³/mol. The highest BCUT2D eigenvalue weighted by molar-refractivity contribution is 5.92. The molecule has 2 N–H and O–H groups in total. The summed E-state index contributed by atoms with van der Waals surface area (Å²) in [6.07, 6.45) is 0. The van der Waals surface area contributed by atoms with E-state index in [1.807, 2.05) is 38.1 Å². The Labute approximate surface area is 129 Å². The van der Waals surface area contributed by atoms with E-state index in [0.717, 1.165) is 11.4 Å². The SMILES string of the molecule is COc1cccc(Nc2ccc(C(=O)NCC(C)C)nn2)c1. The molecule has 0 atom stereocenters. The van der Waals surface area contributed by atoms with Crippen LogP contribution in [-0.2, 0) is 0 Å². The van der Waals surface area contributed by atoms with Gasteiger partial charge in [-0.2, -0.15) is 0 Å². The van der Waals surface area contributed by atoms with Gasteiger partial charge in [-0.1, -0.05) is 19.9 Å². The Balaban J connectivity index is 2.00. The van der Waals surface area contributed by atoms with Crippen molar-refractivity contribution in [2.45, 2.75) is 13.8 Å². The number of aromatic nitrogens is 2. The molecule has 6 nitrogen and oxygen atoms in total. The van der Waals surface area contributed by atoms with Gasteiger partial charge in [0.2, 0.25) is 0 Å². The van der Waals surface area contributed by atoms with Crippen LogP contribution in [0.25, 0.3) is 0 Å². The Morgan fingerprint density at radius 1 is 1.23 bits per heavy atom. The van der Waals surface area contributed by atoms with Crippen LogP contribution in [0.1, 0.15) is 24.3 Å². The standard InChI is InChI=1S/C16H20N4O2/c1-11(2)10-17-16(21)14-7-8-15(20-19-14)18-12-5-4-6-13(9-12)22-3/h4-9,11H,10H2,1-3H3,(H,17,21)(H,18,20). The Morgan fingerprint density at radius 2 is 2.05 bits per heavy atom. The predicted octanol–water partition coefficient (Wildman–Crippen LogP) is 2.61. The van der Waals surface area contributed by atoms with Gasteiger partial charge in [0, 0.05) is 18.3 Å². The summed E-state index contributed by atoms with van der Waals surface area (Å²) in [6.45, 7) is 4.69. The van der Waals surface area contributed by atoms with Gasteiger partial charge in [-0.15, -0.1) is 10.2 Å². The maximum absolute atomic E-state index is 11.9. The summed E-state index contributed by atoms with van der Waals surface area (Å²) in [5.74, 6) is 1.50. The average molecular weight is 300 g/mol. The first-order chi connectivity index (χ1) is 10.6. The first-order valence-electron chi connectivity index (χ1n) is 7.11. The number of carbonyl (C=O) groups excluding carboxylic acids is 1. The van der Waals surface area contributed by atoms with Gasteiger partial charge in [-0.05, 0) is 30.2 Å². The lowest BCUT2D eigenvalue weighted by Crippen LogP contribution is -2.28. The number of anilines is 2. The van der Waals surface area contributed by atoms with Crippen molar-refractivity contribution in [2.75, 3.05) is 19.0 Å². The molecule has 1 aromatic carbocycles. The lowest BCUT2D eigenvalue weighted by atomic mass is 10.2. The molecular weight excluding hydrogens is 280 g/mol. The van der Waals surface area contributed by atoms with Crippen LogP contribution >= 0.6 is 0 Å². The van der Waals surface area contributed by atoms with Crippen molar-refractivity contribution in [1.29, 1.82) is 0 Å². The fraction of sp³-hybridized carbons (Fsp3) is 0.312. The molecule has 6 heteroatoms. The first kappa shape index (κ1) is 15.8. The summed E-state index contributed by atoms with van der Waals surface area (Å²) in [6, 6.07) is 10.8. The molecule has 2 rings (SSSR count). The molecule has 116 valence electrons. The fourth-order valence-corrected chi connectivity index (χ4v) is 1.76. The Bertz CT molecular complexity index is 626. The van der Waals surface area contributed by atoms with Crippen molar-refractivity contribution >= 4 is 17.4 Å². The topological polar surface area (TPSA) is 76.1 Å². The summed E-state index contributed by atoms with van der Waals surface area (Å²) in [4.78, 5) is 11.9. The van der Waals surface area contributed by atoms with Crippen LogP contribution in [0, 0.1) is 5.92 Å². The van der Waals surface area contributed by atoms with Gasteiger partial charge >= 0.3 is 0 Å². The largest absolute Gasteiger partial charge is 0.497 e. The summed E-state index contributed by atoms with van der Waals surface area (Å²) in [7, 11) is 1.61. The minimum Gasteiger partial charge on any atom is -0.497 e. The molecule has 0 aliphatic heterocycles. The molecule has 0 saturated heterocycles. The van der Waals surface area contributed by atoms with Crippen molar-refractivity contribution in [2.24, 2.45) is 5.92 Å². The van der Waals surface area contributed by atoms with Crippen LogP contribution in [-0.4, -0.2) is 29.8 Å². The van der Waals surface area contributed by atoms with Crippen LogP contribution in [0.4, 0.5) is 11.5 Å². The maximum Gasteiger partial charge on any atom is 0.271 e. The Hall–Kier alpha value is -2.63. The van der Waals surface area contributed by atoms with E-state index in [2.05, 4.69) is 20.8 Å². The van der Waals surface area contributed by atoms with E-state index in [0.29, 0.717) is 24.0 Å². The number of benzene rings is 1. The highest BCUT2D eigenvalue weighted by atomic mass is 16.5. The van der Waals surface area contributed by atoms with Gasteiger partial charge in [0.15, 0.2) is 11.5 Å². The number of hydrogen-bond acceptors (Lipinski definition) is 5. The smallest absolute Gasteiger partial charge is 0.271 e. The van der Waals surface area contributed by atoms with Gasteiger partial charge in [0.05, 0.1) is 7.11 Å². The third-order valence-corrected chi connectivity index (χ3v) is 2.91. The lowest BCUT2D eigenvalue weighted by Gasteiger charge is -2.08. The van der Waals surface area contributed by atoms with Crippen molar-refractivity contribution < 1.29 is 9.53 Å². The fourth-order valence-electron chi connectivity index (χ4n) is 1.76. The van der Waals surface area contributed by atoms with Crippen LogP contribution in [0.15, 0.2) is 36.4 Å². The Kier molecular flexibility index (Phi) is 5.30. The van der Waals surface area contributed by atoms with Crippen LogP contribution in [0.3, 0.4) is 0 Å². The molecule has 0 unspecified atom stereocenters. The van der Waals surface area contributed by atoms with Crippen molar-refractivity contribution in [3.05, 3.63) is 42.1 Å². The highest BCUT2D eigenvalue weighted by Gasteiger charge is 2.08. The number of amides is 1. The molecular formula is C16H20N4O2. The second-order valence-electron chi connectivity index (χ2n) is 5.26. The van der Waals surface area contributed by atoms with Crippen molar-refractivity contribution in [1.82, 2.24) is 15.5 Å². The number of nitrogens with one attached hydrogen (secondary N) is 2. The number of methoxy groups -OCH3 is 1. The zero-order valence-corrected chi connectivity index (χ0v) is 13.0. The van der Waals surface area contributed by atoms with E-state index in [1.165, 1.54) is 0 Å². The zero-order chi connectivity index (χ0) is 15.9. The number of nitrogens with zero attached hydrogens (tertiary/aromatic N) is 2. The molecule has 22 heavy (non-hydrogen) atoms. The van der Waals surface area contributed by atoms with E-state index < -0.39 is 0 Å². The molecule has 0 radical (unpaired) electrons. The second kappa shape index (κ2) is 7.40. The highest BCUT2D eigenvalue weighted by Crippen LogP contribution is 2.19. The molecule has 0 spiro atoms. The van der Waals surface area contributed by atoms with Crippen molar-refractivity contribution in [3.8, 4) is 5.75 Å². The molecule has 1 amide bonds. The van der Waals surface area contributed by atoms with Gasteiger partial charge in [-0.3, -0.25) is 4.79 Å². The van der Waals surface area contributed by atoms with Crippen LogP contribution in [0.2, 0.25) is 0 Å². The molecule has 2 aromatic rings. The molecule has 0 aliphatic carbocycles. The van der Waals surface area contributed by atoms with Gasteiger partial charge in [-0.25, -0.2) is 0 Å². The number of rotatable bonds is 6. The molecule has 0 saturated carbocycles. The van der Waals surface area contributed by atoms with Gasteiger partial charge < -0.3 is 15.4 Å². The van der Waals surface area contributed by atoms with E-state index >= 15 is 0 Å². The zero-order valence-electron chi connectivity index (χ0n) is 13.0. The van der Waals surface area contributed by atoms with E-state index in [4.69, 9.17) is 4.74 Å². The number of ether oxygens (including phenoxy) is 1. The first-order valence-corrected chi connectivity index (χ1v) is 7.11. The number of hydrogen-bond donors (Lipinski definition) is 2. The summed E-state index contributed by atoms with van der Waals surface area (Å²) >= 11 is 0. The molecule has 1 aromatic heterocycles. The van der Waals surface area contributed by atoms with Gasteiger partial charge in [0.25, 0.3) is 5.91 Å². The summed E-state index contributed by atoms with van der Waals surface area (Å²) < 4.78 is 5.16.